The molecule has 1 aliphatic rings. The van der Waals surface area contributed by atoms with Crippen LogP contribution in [0.1, 0.15) is 0 Å². The fourth-order valence-corrected chi connectivity index (χ4v) is 0.468. The van der Waals surface area contributed by atoms with Gasteiger partial charge in [0.15, 0.2) is 0 Å². The van der Waals surface area contributed by atoms with Crippen LogP contribution < -0.4 is 0 Å². The molecule has 1 rings (SSSR count). The topological polar surface area (TPSA) is 41.8 Å². The van der Waals surface area contributed by atoms with E-state index in [1.165, 1.54) is 5.94 Å². The van der Waals surface area contributed by atoms with Crippen LogP contribution in [-0.4, -0.2) is 24.5 Å². The lowest BCUT2D eigenvalue weighted by atomic mass is 10.3. The minimum atomic E-state index is -1.14. The van der Waals surface area contributed by atoms with E-state index >= 15 is 0 Å². The molecule has 10 heavy (non-hydrogen) atoms. The van der Waals surface area contributed by atoms with Crippen molar-refractivity contribution in [2.75, 3.05) is 6.54 Å². The van der Waals surface area contributed by atoms with Crippen molar-refractivity contribution in [2.24, 2.45) is 9.98 Å². The molecule has 1 aliphatic heterocycles. The second kappa shape index (κ2) is 2.49. The molecule has 0 aromatic carbocycles. The number of amidine groups is 1. The molecule has 0 saturated carbocycles. The summed E-state index contributed by atoms with van der Waals surface area (Å²) >= 11 is 0. The van der Waals surface area contributed by atoms with Crippen LogP contribution in [-0.2, 0) is 4.79 Å². The van der Waals surface area contributed by atoms with Crippen LogP contribution in [0.15, 0.2) is 15.6 Å². The lowest BCUT2D eigenvalue weighted by molar-refractivity contribution is 0.567. The maximum atomic E-state index is 12.2. The van der Waals surface area contributed by atoms with Crippen LogP contribution in [0.5, 0.6) is 0 Å². The molecule has 0 amide bonds. The van der Waals surface area contributed by atoms with Gasteiger partial charge in [0, 0.05) is 0 Å². The Bertz CT molecular complexity index is 263. The summed E-state index contributed by atoms with van der Waals surface area (Å²) in [5.41, 5.74) is -0.346. The van der Waals surface area contributed by atoms with Crippen LogP contribution in [0, 0.1) is 0 Å². The van der Waals surface area contributed by atoms with Crippen molar-refractivity contribution >= 4 is 18.0 Å². The lowest BCUT2D eigenvalue weighted by Crippen LogP contribution is -2.08. The Morgan fingerprint density at radius 2 is 2.20 bits per heavy atom. The van der Waals surface area contributed by atoms with Gasteiger partial charge in [0.25, 0.3) is 0 Å². The molecular weight excluding hydrogens is 142 g/mol. The Hall–Kier alpha value is -1.35. The Morgan fingerprint density at radius 3 is 2.70 bits per heavy atom. The van der Waals surface area contributed by atoms with E-state index in [1.54, 1.807) is 0 Å². The van der Waals surface area contributed by atoms with Gasteiger partial charge in [0.2, 0.25) is 5.97 Å². The Morgan fingerprint density at radius 1 is 1.50 bits per heavy atom. The molecule has 0 aromatic heterocycles. The van der Waals surface area contributed by atoms with Gasteiger partial charge >= 0.3 is 6.09 Å². The second-order valence-electron chi connectivity index (χ2n) is 1.57. The molecule has 0 bridgehead atoms. The molecule has 0 unspecified atom stereocenters. The summed E-state index contributed by atoms with van der Waals surface area (Å²) in [4.78, 5) is 15.5. The summed E-state index contributed by atoms with van der Waals surface area (Å²) in [5.74, 6) is 0.125. The highest BCUT2D eigenvalue weighted by Gasteiger charge is 2.13. The largest absolute Gasteiger partial charge is 0.307 e. The van der Waals surface area contributed by atoms with Gasteiger partial charge in [-0.1, -0.05) is 0 Å². The molecule has 5 heteroatoms. The predicted molar refractivity (Wildman–Crippen MR) is 31.2 cm³/mol. The third kappa shape index (κ3) is 1.14. The van der Waals surface area contributed by atoms with Gasteiger partial charge in [-0.15, -0.1) is 0 Å². The highest BCUT2D eigenvalue weighted by Crippen LogP contribution is 2.04. The molecule has 1 heterocycles. The highest BCUT2D eigenvalue weighted by atomic mass is 19.1. The van der Waals surface area contributed by atoms with Gasteiger partial charge < -0.3 is 0 Å². The van der Waals surface area contributed by atoms with Crippen LogP contribution in [0.2, 0.25) is 0 Å². The van der Waals surface area contributed by atoms with Crippen LogP contribution in [0.3, 0.4) is 0 Å². The quantitative estimate of drug-likeness (QED) is 0.359. The standard InChI is InChI=1S/C5H2F2N2O/c6-4-3(2-10)1-8-5(7)9-4/h1H2. The Labute approximate surface area is 54.8 Å². The van der Waals surface area contributed by atoms with E-state index in [4.69, 9.17) is 0 Å². The number of rotatable bonds is 0. The Balaban J connectivity index is 2.99. The second-order valence-corrected chi connectivity index (χ2v) is 1.57. The van der Waals surface area contributed by atoms with Gasteiger partial charge in [0.05, 0.1) is 6.54 Å². The first-order valence-corrected chi connectivity index (χ1v) is 2.42. The average molecular weight is 144 g/mol. The molecule has 0 atom stereocenters. The van der Waals surface area contributed by atoms with Gasteiger partial charge in [-0.25, -0.2) is 9.79 Å². The van der Waals surface area contributed by atoms with Crippen LogP contribution >= 0.6 is 0 Å². The lowest BCUT2D eigenvalue weighted by Gasteiger charge is -1.98. The minimum absolute atomic E-state index is 0.315. The molecular formula is C5H2F2N2O. The van der Waals surface area contributed by atoms with Crippen molar-refractivity contribution in [2.45, 2.75) is 0 Å². The molecule has 3 nitrogen and oxygen atoms in total. The third-order valence-electron chi connectivity index (χ3n) is 0.930. The van der Waals surface area contributed by atoms with Crippen molar-refractivity contribution < 1.29 is 13.6 Å². The summed E-state index contributed by atoms with van der Waals surface area (Å²) in [6.45, 7) is -0.315. The monoisotopic (exact) mass is 144 g/mol. The average Bonchev–Trinajstić information content (AvgIpc) is 1.88. The van der Waals surface area contributed by atoms with Crippen molar-refractivity contribution in [3.63, 3.8) is 0 Å². The molecule has 0 N–H and O–H groups in total. The van der Waals surface area contributed by atoms with Crippen LogP contribution in [0.4, 0.5) is 8.78 Å². The fourth-order valence-electron chi connectivity index (χ4n) is 0.468. The van der Waals surface area contributed by atoms with E-state index in [0.29, 0.717) is 0 Å². The molecule has 0 saturated heterocycles. The first kappa shape index (κ1) is 6.77. The van der Waals surface area contributed by atoms with Gasteiger partial charge in [0.1, 0.15) is 11.5 Å². The number of carbonyl (C=O) groups excluding carboxylic acids is 1. The van der Waals surface area contributed by atoms with E-state index in [2.05, 4.69) is 9.98 Å². The maximum Gasteiger partial charge on any atom is 0.307 e. The summed E-state index contributed by atoms with van der Waals surface area (Å²) in [6.07, 6.45) is -1.14. The van der Waals surface area contributed by atoms with E-state index in [-0.39, 0.29) is 12.1 Å². The zero-order chi connectivity index (χ0) is 7.56. The minimum Gasteiger partial charge on any atom is -0.235 e. The van der Waals surface area contributed by atoms with Crippen molar-refractivity contribution in [1.82, 2.24) is 0 Å². The van der Waals surface area contributed by atoms with E-state index in [9.17, 15) is 13.6 Å². The van der Waals surface area contributed by atoms with Crippen molar-refractivity contribution in [3.8, 4) is 0 Å². The summed E-state index contributed by atoms with van der Waals surface area (Å²) in [5, 5.41) is 0. The summed E-state index contributed by atoms with van der Waals surface area (Å²) < 4.78 is 24.2. The first-order chi connectivity index (χ1) is 4.74. The zero-order valence-corrected chi connectivity index (χ0v) is 4.77. The number of hydrogen-bond acceptors (Lipinski definition) is 3. The third-order valence-corrected chi connectivity index (χ3v) is 0.930. The SMILES string of the molecule is O=C=C1CN=C(F)N=C1F. The van der Waals surface area contributed by atoms with Crippen molar-refractivity contribution in [1.29, 1.82) is 0 Å². The molecule has 0 fully saturated rings. The van der Waals surface area contributed by atoms with Crippen molar-refractivity contribution in [3.05, 3.63) is 5.57 Å². The number of halogens is 2. The number of hydrogen-bond donors (Lipinski definition) is 0. The number of aliphatic imine (C=N–C) groups is 2. The maximum absolute atomic E-state index is 12.2. The molecule has 0 aliphatic carbocycles. The predicted octanol–water partition coefficient (Wildman–Crippen LogP) is 0.452. The van der Waals surface area contributed by atoms with Crippen LogP contribution in [0.25, 0.3) is 0 Å². The van der Waals surface area contributed by atoms with E-state index in [1.807, 2.05) is 0 Å². The highest BCUT2D eigenvalue weighted by molar-refractivity contribution is 6.07. The normalized spacial score (nSPS) is 17.6. The van der Waals surface area contributed by atoms with Gasteiger partial charge in [-0.2, -0.15) is 13.8 Å². The van der Waals surface area contributed by atoms with E-state index < -0.39 is 12.1 Å². The fraction of sp³-hybridized carbons (Fsp3) is 0.200. The smallest absolute Gasteiger partial charge is 0.235 e. The molecule has 0 spiro atoms. The first-order valence-electron chi connectivity index (χ1n) is 2.42. The summed E-state index contributed by atoms with van der Waals surface area (Å²) in [7, 11) is 0. The van der Waals surface area contributed by atoms with E-state index in [0.717, 1.165) is 0 Å². The summed E-state index contributed by atoms with van der Waals surface area (Å²) in [6, 6.07) is 0. The molecule has 0 aromatic rings. The van der Waals surface area contributed by atoms with Gasteiger partial charge in [-0.3, -0.25) is 0 Å². The Kier molecular flexibility index (Phi) is 1.69. The molecule has 0 radical (unpaired) electrons. The zero-order valence-electron chi connectivity index (χ0n) is 4.77. The van der Waals surface area contributed by atoms with Gasteiger partial charge in [-0.05, 0) is 0 Å². The molecule has 52 valence electrons. The number of nitrogens with zero attached hydrogens (tertiary/aromatic N) is 2.